The van der Waals surface area contributed by atoms with Crippen LogP contribution in [0, 0.1) is 0 Å². The molecule has 0 saturated heterocycles. The molecule has 0 fully saturated rings. The number of nitrogens with one attached hydrogen (secondary N) is 1. The van der Waals surface area contributed by atoms with Gasteiger partial charge in [-0.2, -0.15) is 0 Å². The van der Waals surface area contributed by atoms with Gasteiger partial charge in [0.1, 0.15) is 4.32 Å². The highest BCUT2D eigenvalue weighted by atomic mass is 32.2. The van der Waals surface area contributed by atoms with Crippen molar-refractivity contribution in [1.29, 1.82) is 0 Å². The summed E-state index contributed by atoms with van der Waals surface area (Å²) in [7, 11) is 1.87. The largest absolute Gasteiger partial charge is 0.374 e. The second-order valence-electron chi connectivity index (χ2n) is 3.49. The van der Waals surface area contributed by atoms with E-state index in [-0.39, 0.29) is 0 Å². The van der Waals surface area contributed by atoms with Gasteiger partial charge in [0.05, 0.1) is 0 Å². The van der Waals surface area contributed by atoms with Crippen molar-refractivity contribution in [2.75, 3.05) is 7.05 Å². The van der Waals surface area contributed by atoms with Crippen LogP contribution in [0.1, 0.15) is 18.9 Å². The Balaban J connectivity index is 2.28. The van der Waals surface area contributed by atoms with Gasteiger partial charge < -0.3 is 5.32 Å². The summed E-state index contributed by atoms with van der Waals surface area (Å²) in [5, 5.41) is 3.56. The minimum absolute atomic E-state index is 0.574. The summed E-state index contributed by atoms with van der Waals surface area (Å²) in [6.45, 7) is 2.22. The number of aryl methyl sites for hydroxylation is 1. The second kappa shape index (κ2) is 6.85. The standard InChI is InChI=1S/C12H17NS2/c1-10(15-12(14)13-2)8-9-11-6-4-3-5-7-11/h3-7,10H,8-9H2,1-2H3,(H,13,14). The normalized spacial score (nSPS) is 12.1. The van der Waals surface area contributed by atoms with Crippen LogP contribution in [-0.2, 0) is 6.42 Å². The summed E-state index contributed by atoms with van der Waals surface area (Å²) in [5.41, 5.74) is 1.40. The lowest BCUT2D eigenvalue weighted by Gasteiger charge is -2.11. The first-order valence-electron chi connectivity index (χ1n) is 5.14. The SMILES string of the molecule is CNC(=S)SC(C)CCc1ccccc1. The van der Waals surface area contributed by atoms with E-state index in [4.69, 9.17) is 12.2 Å². The maximum Gasteiger partial charge on any atom is 0.133 e. The molecule has 1 aromatic rings. The van der Waals surface area contributed by atoms with Crippen molar-refractivity contribution in [2.45, 2.75) is 25.0 Å². The Bertz CT molecular complexity index is 298. The minimum atomic E-state index is 0.574. The molecule has 0 aliphatic rings. The summed E-state index contributed by atoms with van der Waals surface area (Å²) in [6.07, 6.45) is 2.29. The second-order valence-corrected chi connectivity index (χ2v) is 5.61. The van der Waals surface area contributed by atoms with Gasteiger partial charge in [0, 0.05) is 12.3 Å². The van der Waals surface area contributed by atoms with Crippen LogP contribution in [0.25, 0.3) is 0 Å². The van der Waals surface area contributed by atoms with Gasteiger partial charge in [-0.3, -0.25) is 0 Å². The third kappa shape index (κ3) is 5.19. The molecular weight excluding hydrogens is 222 g/mol. The quantitative estimate of drug-likeness (QED) is 0.810. The molecule has 1 N–H and O–H groups in total. The molecule has 1 atom stereocenters. The Morgan fingerprint density at radius 3 is 2.67 bits per heavy atom. The van der Waals surface area contributed by atoms with Crippen molar-refractivity contribution >= 4 is 28.3 Å². The molecule has 1 rings (SSSR count). The van der Waals surface area contributed by atoms with Crippen LogP contribution < -0.4 is 5.32 Å². The van der Waals surface area contributed by atoms with Gasteiger partial charge in [0.25, 0.3) is 0 Å². The highest BCUT2D eigenvalue weighted by Gasteiger charge is 2.05. The highest BCUT2D eigenvalue weighted by molar-refractivity contribution is 8.23. The first-order valence-corrected chi connectivity index (χ1v) is 6.43. The molecule has 3 heteroatoms. The molecular formula is C12H17NS2. The molecule has 0 bridgehead atoms. The van der Waals surface area contributed by atoms with E-state index in [9.17, 15) is 0 Å². The molecule has 0 amide bonds. The molecule has 0 aromatic heterocycles. The van der Waals surface area contributed by atoms with Crippen LogP contribution in [0.2, 0.25) is 0 Å². The van der Waals surface area contributed by atoms with Crippen molar-refractivity contribution < 1.29 is 0 Å². The fraction of sp³-hybridized carbons (Fsp3) is 0.417. The molecule has 0 saturated carbocycles. The number of benzene rings is 1. The van der Waals surface area contributed by atoms with E-state index in [1.165, 1.54) is 5.56 Å². The van der Waals surface area contributed by atoms with Gasteiger partial charge in [-0.15, -0.1) is 0 Å². The monoisotopic (exact) mass is 239 g/mol. The van der Waals surface area contributed by atoms with Gasteiger partial charge in [-0.25, -0.2) is 0 Å². The number of thiocarbonyl (C=S) groups is 1. The first kappa shape index (κ1) is 12.5. The molecule has 0 spiro atoms. The van der Waals surface area contributed by atoms with E-state index in [2.05, 4.69) is 42.6 Å². The van der Waals surface area contributed by atoms with Crippen molar-refractivity contribution in [3.05, 3.63) is 35.9 Å². The van der Waals surface area contributed by atoms with Gasteiger partial charge in [0.2, 0.25) is 0 Å². The maximum atomic E-state index is 5.11. The Morgan fingerprint density at radius 1 is 1.40 bits per heavy atom. The third-order valence-corrected chi connectivity index (χ3v) is 3.74. The Labute approximate surface area is 102 Å². The van der Waals surface area contributed by atoms with Crippen LogP contribution in [0.3, 0.4) is 0 Å². The van der Waals surface area contributed by atoms with E-state index in [0.717, 1.165) is 17.2 Å². The number of rotatable bonds is 4. The lowest BCUT2D eigenvalue weighted by Crippen LogP contribution is -2.14. The van der Waals surface area contributed by atoms with Crippen molar-refractivity contribution in [1.82, 2.24) is 5.32 Å². The van der Waals surface area contributed by atoms with Crippen LogP contribution >= 0.6 is 24.0 Å². The van der Waals surface area contributed by atoms with E-state index >= 15 is 0 Å². The molecule has 0 heterocycles. The number of thioether (sulfide) groups is 1. The van der Waals surface area contributed by atoms with E-state index < -0.39 is 0 Å². The van der Waals surface area contributed by atoms with Crippen LogP contribution in [-0.4, -0.2) is 16.6 Å². The molecule has 1 nitrogen and oxygen atoms in total. The average Bonchev–Trinajstić information content (AvgIpc) is 2.27. The Morgan fingerprint density at radius 2 is 2.07 bits per heavy atom. The van der Waals surface area contributed by atoms with Crippen molar-refractivity contribution in [2.24, 2.45) is 0 Å². The molecule has 1 aromatic carbocycles. The predicted octanol–water partition coefficient (Wildman–Crippen LogP) is 3.25. The maximum absolute atomic E-state index is 5.11. The average molecular weight is 239 g/mol. The molecule has 15 heavy (non-hydrogen) atoms. The highest BCUT2D eigenvalue weighted by Crippen LogP contribution is 2.17. The fourth-order valence-electron chi connectivity index (χ4n) is 1.32. The number of hydrogen-bond donors (Lipinski definition) is 1. The third-order valence-electron chi connectivity index (χ3n) is 2.19. The van der Waals surface area contributed by atoms with Gasteiger partial charge >= 0.3 is 0 Å². The lowest BCUT2D eigenvalue weighted by atomic mass is 10.1. The topological polar surface area (TPSA) is 12.0 Å². The van der Waals surface area contributed by atoms with Crippen LogP contribution in [0.5, 0.6) is 0 Å². The van der Waals surface area contributed by atoms with Gasteiger partial charge in [-0.1, -0.05) is 61.2 Å². The van der Waals surface area contributed by atoms with E-state index in [1.807, 2.05) is 7.05 Å². The fourth-order valence-corrected chi connectivity index (χ4v) is 2.53. The smallest absolute Gasteiger partial charge is 0.133 e. The zero-order chi connectivity index (χ0) is 11.1. The first-order chi connectivity index (χ1) is 7.22. The molecule has 0 aliphatic carbocycles. The van der Waals surface area contributed by atoms with E-state index in [0.29, 0.717) is 5.25 Å². The molecule has 82 valence electrons. The zero-order valence-corrected chi connectivity index (χ0v) is 10.8. The van der Waals surface area contributed by atoms with Gasteiger partial charge in [-0.05, 0) is 18.4 Å². The van der Waals surface area contributed by atoms with Crippen LogP contribution in [0.4, 0.5) is 0 Å². The Kier molecular flexibility index (Phi) is 5.73. The molecule has 0 radical (unpaired) electrons. The van der Waals surface area contributed by atoms with Crippen molar-refractivity contribution in [3.8, 4) is 0 Å². The van der Waals surface area contributed by atoms with Gasteiger partial charge in [0.15, 0.2) is 0 Å². The summed E-state index contributed by atoms with van der Waals surface area (Å²) in [4.78, 5) is 0. The summed E-state index contributed by atoms with van der Waals surface area (Å²) < 4.78 is 0.885. The van der Waals surface area contributed by atoms with Crippen LogP contribution in [0.15, 0.2) is 30.3 Å². The van der Waals surface area contributed by atoms with E-state index in [1.54, 1.807) is 11.8 Å². The minimum Gasteiger partial charge on any atom is -0.374 e. The number of hydrogen-bond acceptors (Lipinski definition) is 2. The van der Waals surface area contributed by atoms with Crippen molar-refractivity contribution in [3.63, 3.8) is 0 Å². The predicted molar refractivity (Wildman–Crippen MR) is 73.5 cm³/mol. The Hall–Kier alpha value is -0.540. The summed E-state index contributed by atoms with van der Waals surface area (Å²) in [6, 6.07) is 10.6. The summed E-state index contributed by atoms with van der Waals surface area (Å²) in [5.74, 6) is 0. The lowest BCUT2D eigenvalue weighted by molar-refractivity contribution is 0.814. The molecule has 1 unspecified atom stereocenters. The summed E-state index contributed by atoms with van der Waals surface area (Å²) >= 11 is 6.85. The zero-order valence-electron chi connectivity index (χ0n) is 9.19. The molecule has 0 aliphatic heterocycles.